The van der Waals surface area contributed by atoms with Gasteiger partial charge in [0.2, 0.25) is 10.9 Å². The van der Waals surface area contributed by atoms with Crippen molar-refractivity contribution in [1.82, 2.24) is 20.2 Å². The van der Waals surface area contributed by atoms with Gasteiger partial charge in [-0.1, -0.05) is 47.4 Å². The maximum atomic E-state index is 14.0. The van der Waals surface area contributed by atoms with Crippen molar-refractivity contribution in [2.24, 2.45) is 0 Å². The number of anilines is 1. The highest BCUT2D eigenvalue weighted by atomic mass is 32.2. The molecule has 182 valence electrons. The lowest BCUT2D eigenvalue weighted by Gasteiger charge is -2.23. The summed E-state index contributed by atoms with van der Waals surface area (Å²) in [5.41, 5.74) is 1.52. The zero-order valence-electron chi connectivity index (χ0n) is 19.0. The number of ketones is 1. The van der Waals surface area contributed by atoms with Crippen LogP contribution in [0.3, 0.4) is 0 Å². The van der Waals surface area contributed by atoms with Crippen LogP contribution in [-0.4, -0.2) is 37.0 Å². The molecule has 0 spiro atoms. The minimum atomic E-state index is -0.946. The molecule has 1 aliphatic rings. The minimum Gasteiger partial charge on any atom is -0.503 e. The first-order chi connectivity index (χ1) is 17.3. The van der Waals surface area contributed by atoms with E-state index < -0.39 is 23.5 Å². The van der Waals surface area contributed by atoms with E-state index in [0.29, 0.717) is 36.8 Å². The Hall–Kier alpha value is -3.48. The van der Waals surface area contributed by atoms with Gasteiger partial charge in [0.05, 0.1) is 27.2 Å². The number of rotatable bonds is 7. The Labute approximate surface area is 217 Å². The van der Waals surface area contributed by atoms with Gasteiger partial charge in [0.25, 0.3) is 5.91 Å². The minimum absolute atomic E-state index is 0.0597. The molecule has 4 aromatic rings. The summed E-state index contributed by atoms with van der Waals surface area (Å²) in [6.45, 7) is 3.50. The topological polar surface area (TPSA) is 109 Å². The number of hydrogen-bond donors (Lipinski definition) is 1. The van der Waals surface area contributed by atoms with Gasteiger partial charge in [-0.2, -0.15) is 0 Å². The molecule has 1 aromatic carbocycles. The van der Waals surface area contributed by atoms with Crippen molar-refractivity contribution in [2.45, 2.75) is 30.0 Å². The molecule has 5 rings (SSSR count). The normalized spacial score (nSPS) is 15.7. The number of Topliss-reactive ketones (excluding diaryl/α,β-unsaturated/α-hetero) is 1. The number of thioether (sulfide) groups is 1. The molecule has 1 atom stereocenters. The number of amides is 1. The number of carbonyl (C=O) groups excluding carboxylic acids is 2. The molecular formula is C24H18FN5O3S3. The van der Waals surface area contributed by atoms with E-state index in [1.54, 1.807) is 50.4 Å². The van der Waals surface area contributed by atoms with Crippen molar-refractivity contribution in [3.05, 3.63) is 92.6 Å². The lowest BCUT2D eigenvalue weighted by molar-refractivity contribution is -0.117. The third kappa shape index (κ3) is 4.43. The van der Waals surface area contributed by atoms with Crippen LogP contribution in [0.1, 0.15) is 37.5 Å². The number of thiazole rings is 1. The molecular weight excluding hydrogens is 521 g/mol. The van der Waals surface area contributed by atoms with Crippen molar-refractivity contribution in [1.29, 1.82) is 0 Å². The van der Waals surface area contributed by atoms with Crippen LogP contribution < -0.4 is 4.90 Å². The van der Waals surface area contributed by atoms with E-state index in [4.69, 9.17) is 0 Å². The molecule has 0 radical (unpaired) electrons. The van der Waals surface area contributed by atoms with Crippen molar-refractivity contribution in [2.75, 3.05) is 4.90 Å². The monoisotopic (exact) mass is 539 g/mol. The molecule has 36 heavy (non-hydrogen) atoms. The van der Waals surface area contributed by atoms with Gasteiger partial charge in [0, 0.05) is 18.1 Å². The molecule has 0 saturated carbocycles. The fourth-order valence-corrected chi connectivity index (χ4v) is 6.59. The van der Waals surface area contributed by atoms with Gasteiger partial charge in [0.1, 0.15) is 5.82 Å². The Morgan fingerprint density at radius 3 is 2.67 bits per heavy atom. The standard InChI is InChI=1S/C24H18FN5O3S3/c1-12-21(35-13(2)27-12)19(31)17-18(14-7-5-9-26-10-14)30(22(33)20(17)32)23-28-29-24(36-23)34-11-15-6-3-4-8-16(15)25/h3-10,18,32H,11H2,1-2H3. The summed E-state index contributed by atoms with van der Waals surface area (Å²) in [5.74, 6) is -1.85. The van der Waals surface area contributed by atoms with Crippen LogP contribution in [0.25, 0.3) is 0 Å². The summed E-state index contributed by atoms with van der Waals surface area (Å²) in [7, 11) is 0. The summed E-state index contributed by atoms with van der Waals surface area (Å²) in [6, 6.07) is 8.93. The number of aryl methyl sites for hydroxylation is 2. The lowest BCUT2D eigenvalue weighted by atomic mass is 9.96. The van der Waals surface area contributed by atoms with E-state index in [1.165, 1.54) is 40.3 Å². The van der Waals surface area contributed by atoms with E-state index in [1.807, 2.05) is 0 Å². The molecule has 1 aliphatic heterocycles. The molecule has 0 fully saturated rings. The number of aromatic nitrogens is 4. The average Bonchev–Trinajstić information content (AvgIpc) is 3.55. The number of aliphatic hydroxyl groups is 1. The Morgan fingerprint density at radius 1 is 1.17 bits per heavy atom. The predicted octanol–water partition coefficient (Wildman–Crippen LogP) is 5.22. The molecule has 0 saturated heterocycles. The van der Waals surface area contributed by atoms with Crippen molar-refractivity contribution >= 4 is 51.3 Å². The molecule has 1 amide bonds. The molecule has 1 N–H and O–H groups in total. The number of benzene rings is 1. The van der Waals surface area contributed by atoms with Gasteiger partial charge in [-0.3, -0.25) is 19.5 Å². The molecule has 1 unspecified atom stereocenters. The number of hydrogen-bond acceptors (Lipinski definition) is 10. The highest BCUT2D eigenvalue weighted by molar-refractivity contribution is 8.00. The lowest BCUT2D eigenvalue weighted by Crippen LogP contribution is -2.31. The van der Waals surface area contributed by atoms with E-state index in [-0.39, 0.29) is 16.5 Å². The Kier molecular flexibility index (Phi) is 6.65. The third-order valence-corrected chi connectivity index (χ3v) is 8.65. The van der Waals surface area contributed by atoms with Crippen molar-refractivity contribution in [3.8, 4) is 0 Å². The Bertz CT molecular complexity index is 1500. The smallest absolute Gasteiger partial charge is 0.296 e. The molecule has 0 aliphatic carbocycles. The fourth-order valence-electron chi connectivity index (χ4n) is 3.87. The van der Waals surface area contributed by atoms with Crippen LogP contribution in [-0.2, 0) is 10.5 Å². The van der Waals surface area contributed by atoms with Gasteiger partial charge in [-0.15, -0.1) is 21.5 Å². The number of aliphatic hydroxyl groups excluding tert-OH is 1. The second kappa shape index (κ2) is 9.88. The molecule has 8 nitrogen and oxygen atoms in total. The van der Waals surface area contributed by atoms with E-state index in [0.717, 1.165) is 11.3 Å². The Balaban J connectivity index is 1.50. The van der Waals surface area contributed by atoms with Crippen LogP contribution in [0.5, 0.6) is 0 Å². The zero-order valence-corrected chi connectivity index (χ0v) is 21.5. The van der Waals surface area contributed by atoms with Gasteiger partial charge in [-0.25, -0.2) is 9.37 Å². The predicted molar refractivity (Wildman–Crippen MR) is 136 cm³/mol. The van der Waals surface area contributed by atoms with Gasteiger partial charge in [0.15, 0.2) is 10.1 Å². The molecule has 4 heterocycles. The van der Waals surface area contributed by atoms with Crippen LogP contribution in [0.15, 0.2) is 64.5 Å². The number of carbonyl (C=O) groups is 2. The molecule has 3 aromatic heterocycles. The maximum Gasteiger partial charge on any atom is 0.296 e. The van der Waals surface area contributed by atoms with E-state index >= 15 is 0 Å². The largest absolute Gasteiger partial charge is 0.503 e. The SMILES string of the molecule is Cc1nc(C)c(C(=O)C2=C(O)C(=O)N(c3nnc(SCc4ccccc4F)s3)C2c2cccnc2)s1. The van der Waals surface area contributed by atoms with E-state index in [2.05, 4.69) is 20.2 Å². The number of pyridine rings is 1. The second-order valence-corrected chi connectivity index (χ2v) is 11.2. The number of halogens is 1. The maximum absolute atomic E-state index is 14.0. The van der Waals surface area contributed by atoms with E-state index in [9.17, 15) is 19.1 Å². The first kappa shape index (κ1) is 24.2. The summed E-state index contributed by atoms with van der Waals surface area (Å²) in [6.07, 6.45) is 3.12. The van der Waals surface area contributed by atoms with Crippen molar-refractivity contribution in [3.63, 3.8) is 0 Å². The van der Waals surface area contributed by atoms with Crippen LogP contribution >= 0.6 is 34.4 Å². The van der Waals surface area contributed by atoms with Crippen LogP contribution in [0.4, 0.5) is 9.52 Å². The van der Waals surface area contributed by atoms with Gasteiger partial charge >= 0.3 is 0 Å². The molecule has 12 heteroatoms. The summed E-state index contributed by atoms with van der Waals surface area (Å²) in [4.78, 5) is 36.9. The number of nitrogens with zero attached hydrogens (tertiary/aromatic N) is 5. The highest BCUT2D eigenvalue weighted by Crippen LogP contribution is 2.44. The Morgan fingerprint density at radius 2 is 1.97 bits per heavy atom. The van der Waals surface area contributed by atoms with Crippen molar-refractivity contribution < 1.29 is 19.1 Å². The summed E-state index contributed by atoms with van der Waals surface area (Å²) < 4.78 is 14.5. The quantitative estimate of drug-likeness (QED) is 0.193. The summed E-state index contributed by atoms with van der Waals surface area (Å²) >= 11 is 3.61. The van der Waals surface area contributed by atoms with Gasteiger partial charge in [-0.05, 0) is 37.1 Å². The average molecular weight is 540 g/mol. The van der Waals surface area contributed by atoms with Crippen LogP contribution in [0.2, 0.25) is 0 Å². The van der Waals surface area contributed by atoms with Gasteiger partial charge < -0.3 is 5.11 Å². The van der Waals surface area contributed by atoms with Crippen LogP contribution in [0, 0.1) is 19.7 Å². The molecule has 0 bridgehead atoms. The fraction of sp³-hybridized carbons (Fsp3) is 0.167. The first-order valence-electron chi connectivity index (χ1n) is 10.7. The second-order valence-electron chi connectivity index (χ2n) is 7.83. The third-order valence-electron chi connectivity index (χ3n) is 5.47. The first-order valence-corrected chi connectivity index (χ1v) is 13.3. The zero-order chi connectivity index (χ0) is 25.4. The summed E-state index contributed by atoms with van der Waals surface area (Å²) in [5, 5.41) is 20.1. The highest BCUT2D eigenvalue weighted by Gasteiger charge is 2.46.